The van der Waals surface area contributed by atoms with Crippen LogP contribution in [0, 0.1) is 5.92 Å². The van der Waals surface area contributed by atoms with Gasteiger partial charge in [0, 0.05) is 26.2 Å². The first-order valence-electron chi connectivity index (χ1n) is 6.84. The molecule has 1 saturated heterocycles. The van der Waals surface area contributed by atoms with E-state index in [1.165, 1.54) is 5.57 Å². The number of fused-ring (bicyclic) bond motifs is 1. The molecule has 1 fully saturated rings. The molecule has 2 atom stereocenters. The fourth-order valence-electron chi connectivity index (χ4n) is 2.77. The minimum atomic E-state index is 0.322. The van der Waals surface area contributed by atoms with Crippen LogP contribution < -0.4 is 5.32 Å². The average molecular weight is 247 g/mol. The topological polar surface area (TPSA) is 36.9 Å². The van der Waals surface area contributed by atoms with Crippen molar-refractivity contribution in [3.05, 3.63) is 23.8 Å². The van der Waals surface area contributed by atoms with Crippen LogP contribution in [0.25, 0.3) is 0 Å². The first kappa shape index (κ1) is 11.9. The Bertz CT molecular complexity index is 394. The van der Waals surface area contributed by atoms with Gasteiger partial charge in [0.2, 0.25) is 0 Å². The molecule has 0 saturated carbocycles. The summed E-state index contributed by atoms with van der Waals surface area (Å²) in [5, 5.41) is 3.43. The molecule has 0 bridgehead atoms. The SMILES string of the molecule is C[C@H]1CNCC=C2C=CC(N3CCOCC3)=N[C@H]21. The summed E-state index contributed by atoms with van der Waals surface area (Å²) in [5.74, 6) is 1.69. The van der Waals surface area contributed by atoms with Gasteiger partial charge in [-0.15, -0.1) is 0 Å². The predicted molar refractivity (Wildman–Crippen MR) is 72.9 cm³/mol. The Labute approximate surface area is 108 Å². The maximum Gasteiger partial charge on any atom is 0.124 e. The Morgan fingerprint density at radius 1 is 1.33 bits per heavy atom. The van der Waals surface area contributed by atoms with E-state index in [-0.39, 0.29) is 0 Å². The molecule has 0 spiro atoms. The van der Waals surface area contributed by atoms with Crippen LogP contribution in [0.5, 0.6) is 0 Å². The van der Waals surface area contributed by atoms with Gasteiger partial charge in [-0.25, -0.2) is 0 Å². The van der Waals surface area contributed by atoms with Crippen molar-refractivity contribution in [3.8, 4) is 0 Å². The van der Waals surface area contributed by atoms with Gasteiger partial charge >= 0.3 is 0 Å². The lowest BCUT2D eigenvalue weighted by atomic mass is 9.93. The molecule has 98 valence electrons. The Balaban J connectivity index is 1.81. The lowest BCUT2D eigenvalue weighted by Crippen LogP contribution is -2.42. The molecule has 4 heteroatoms. The van der Waals surface area contributed by atoms with E-state index >= 15 is 0 Å². The molecule has 1 N–H and O–H groups in total. The molecule has 0 unspecified atom stereocenters. The highest BCUT2D eigenvalue weighted by molar-refractivity contribution is 5.95. The highest BCUT2D eigenvalue weighted by Gasteiger charge is 2.26. The fourth-order valence-corrected chi connectivity index (χ4v) is 2.77. The number of hydrogen-bond acceptors (Lipinski definition) is 4. The van der Waals surface area contributed by atoms with Gasteiger partial charge in [0.1, 0.15) is 5.84 Å². The van der Waals surface area contributed by atoms with Gasteiger partial charge in [-0.2, -0.15) is 0 Å². The van der Waals surface area contributed by atoms with Crippen LogP contribution in [0.1, 0.15) is 6.92 Å². The van der Waals surface area contributed by atoms with Crippen LogP contribution in [-0.2, 0) is 4.74 Å². The first-order chi connectivity index (χ1) is 8.84. The van der Waals surface area contributed by atoms with Gasteiger partial charge in [0.15, 0.2) is 0 Å². The van der Waals surface area contributed by atoms with Crippen LogP contribution >= 0.6 is 0 Å². The average Bonchev–Trinajstić information content (AvgIpc) is 2.62. The molecule has 0 aromatic heterocycles. The van der Waals surface area contributed by atoms with Crippen LogP contribution in [0.2, 0.25) is 0 Å². The molecule has 4 nitrogen and oxygen atoms in total. The summed E-state index contributed by atoms with van der Waals surface area (Å²) in [7, 11) is 0. The van der Waals surface area contributed by atoms with Gasteiger partial charge in [0.05, 0.1) is 19.3 Å². The number of morpholine rings is 1. The van der Waals surface area contributed by atoms with Crippen molar-refractivity contribution in [1.82, 2.24) is 10.2 Å². The standard InChI is InChI=1S/C14H21N3O/c1-11-10-15-5-4-12-2-3-13(16-14(11)12)17-6-8-18-9-7-17/h2-4,11,14-15H,5-10H2,1H3/t11-,14-/m0/s1. The maximum absolute atomic E-state index is 5.40. The second-order valence-electron chi connectivity index (χ2n) is 5.20. The zero-order valence-corrected chi connectivity index (χ0v) is 10.9. The van der Waals surface area contributed by atoms with Gasteiger partial charge in [-0.1, -0.05) is 19.1 Å². The second-order valence-corrected chi connectivity index (χ2v) is 5.20. The summed E-state index contributed by atoms with van der Waals surface area (Å²) in [4.78, 5) is 7.30. The molecular formula is C14H21N3O. The molecule has 0 amide bonds. The van der Waals surface area contributed by atoms with E-state index in [1.54, 1.807) is 0 Å². The Hall–Kier alpha value is -1.13. The second kappa shape index (κ2) is 5.24. The summed E-state index contributed by atoms with van der Waals surface area (Å²) in [6.45, 7) is 7.83. The predicted octanol–water partition coefficient (Wildman–Crippen LogP) is 0.821. The third kappa shape index (κ3) is 2.35. The monoisotopic (exact) mass is 247 g/mol. The zero-order valence-electron chi connectivity index (χ0n) is 10.9. The molecule has 0 radical (unpaired) electrons. The number of ether oxygens (including phenoxy) is 1. The smallest absolute Gasteiger partial charge is 0.124 e. The van der Waals surface area contributed by atoms with Crippen molar-refractivity contribution in [3.63, 3.8) is 0 Å². The number of nitrogens with one attached hydrogen (secondary N) is 1. The van der Waals surface area contributed by atoms with E-state index in [2.05, 4.69) is 35.4 Å². The van der Waals surface area contributed by atoms with E-state index < -0.39 is 0 Å². The lowest BCUT2D eigenvalue weighted by Gasteiger charge is -2.32. The summed E-state index contributed by atoms with van der Waals surface area (Å²) < 4.78 is 5.40. The van der Waals surface area contributed by atoms with E-state index in [4.69, 9.17) is 9.73 Å². The van der Waals surface area contributed by atoms with Crippen LogP contribution in [0.4, 0.5) is 0 Å². The molecule has 3 rings (SSSR count). The molecule has 3 aliphatic heterocycles. The van der Waals surface area contributed by atoms with Crippen molar-refractivity contribution >= 4 is 5.84 Å². The van der Waals surface area contributed by atoms with E-state index in [0.717, 1.165) is 45.2 Å². The van der Waals surface area contributed by atoms with Crippen molar-refractivity contribution in [2.24, 2.45) is 10.9 Å². The van der Waals surface area contributed by atoms with Crippen molar-refractivity contribution in [2.45, 2.75) is 13.0 Å². The Morgan fingerprint density at radius 3 is 3.00 bits per heavy atom. The van der Waals surface area contributed by atoms with Crippen molar-refractivity contribution in [1.29, 1.82) is 0 Å². The van der Waals surface area contributed by atoms with E-state index in [0.29, 0.717) is 12.0 Å². The molecule has 0 aromatic rings. The lowest BCUT2D eigenvalue weighted by molar-refractivity contribution is 0.0681. The number of nitrogens with zero attached hydrogens (tertiary/aromatic N) is 2. The Morgan fingerprint density at radius 2 is 2.17 bits per heavy atom. The zero-order chi connectivity index (χ0) is 12.4. The summed E-state index contributed by atoms with van der Waals surface area (Å²) in [6, 6.07) is 0.322. The van der Waals surface area contributed by atoms with Crippen molar-refractivity contribution in [2.75, 3.05) is 39.4 Å². The fraction of sp³-hybridized carbons (Fsp3) is 0.643. The molecule has 3 heterocycles. The maximum atomic E-state index is 5.40. The number of aliphatic imine (C=N–C) groups is 1. The third-order valence-corrected chi connectivity index (χ3v) is 3.86. The first-order valence-corrected chi connectivity index (χ1v) is 6.84. The summed E-state index contributed by atoms with van der Waals surface area (Å²) >= 11 is 0. The number of amidine groups is 1. The van der Waals surface area contributed by atoms with Gasteiger partial charge in [0.25, 0.3) is 0 Å². The van der Waals surface area contributed by atoms with Crippen LogP contribution in [0.3, 0.4) is 0 Å². The number of dihydropyridines is 1. The van der Waals surface area contributed by atoms with Crippen LogP contribution in [0.15, 0.2) is 28.8 Å². The molecular weight excluding hydrogens is 226 g/mol. The van der Waals surface area contributed by atoms with Crippen molar-refractivity contribution < 1.29 is 4.74 Å². The quantitative estimate of drug-likeness (QED) is 0.688. The minimum Gasteiger partial charge on any atom is -0.378 e. The molecule has 3 aliphatic rings. The molecule has 0 aliphatic carbocycles. The normalized spacial score (nSPS) is 32.4. The van der Waals surface area contributed by atoms with Gasteiger partial charge in [-0.3, -0.25) is 4.99 Å². The number of rotatable bonds is 0. The van der Waals surface area contributed by atoms with E-state index in [9.17, 15) is 0 Å². The largest absolute Gasteiger partial charge is 0.378 e. The summed E-state index contributed by atoms with van der Waals surface area (Å²) in [6.07, 6.45) is 6.67. The highest BCUT2D eigenvalue weighted by atomic mass is 16.5. The number of hydrogen-bond donors (Lipinski definition) is 1. The van der Waals surface area contributed by atoms with Crippen LogP contribution in [-0.4, -0.2) is 56.2 Å². The summed E-state index contributed by atoms with van der Waals surface area (Å²) in [5.41, 5.74) is 1.37. The minimum absolute atomic E-state index is 0.322. The Kier molecular flexibility index (Phi) is 3.48. The third-order valence-electron chi connectivity index (χ3n) is 3.86. The van der Waals surface area contributed by atoms with Gasteiger partial charge < -0.3 is 15.0 Å². The molecule has 18 heavy (non-hydrogen) atoms. The van der Waals surface area contributed by atoms with E-state index in [1.807, 2.05) is 0 Å². The molecule has 0 aromatic carbocycles. The highest BCUT2D eigenvalue weighted by Crippen LogP contribution is 2.24. The van der Waals surface area contributed by atoms with Gasteiger partial charge in [-0.05, 0) is 17.6 Å².